The fourth-order valence-electron chi connectivity index (χ4n) is 3.07. The lowest BCUT2D eigenvalue weighted by Gasteiger charge is -2.09. The summed E-state index contributed by atoms with van der Waals surface area (Å²) < 4.78 is 32.4. The SMILES string of the molecule is Cl.Fc1ccc(-c2cncc(CNCCOc3cccc4[nH]ccc34)c2)cc1F. The Morgan fingerprint density at radius 2 is 1.86 bits per heavy atom. The van der Waals surface area contributed by atoms with Crippen LogP contribution in [0, 0.1) is 11.6 Å². The van der Waals surface area contributed by atoms with E-state index < -0.39 is 11.6 Å². The molecule has 0 aliphatic rings. The fourth-order valence-corrected chi connectivity index (χ4v) is 3.07. The number of hydrogen-bond donors (Lipinski definition) is 2. The van der Waals surface area contributed by atoms with Gasteiger partial charge in [0, 0.05) is 48.1 Å². The van der Waals surface area contributed by atoms with Gasteiger partial charge in [0.05, 0.1) is 0 Å². The molecule has 29 heavy (non-hydrogen) atoms. The van der Waals surface area contributed by atoms with E-state index in [1.54, 1.807) is 18.5 Å². The van der Waals surface area contributed by atoms with E-state index in [9.17, 15) is 8.78 Å². The van der Waals surface area contributed by atoms with E-state index in [0.29, 0.717) is 25.3 Å². The van der Waals surface area contributed by atoms with E-state index in [2.05, 4.69) is 15.3 Å². The lowest BCUT2D eigenvalue weighted by atomic mass is 10.1. The number of pyridine rings is 1. The predicted molar refractivity (Wildman–Crippen MR) is 112 cm³/mol. The molecule has 0 spiro atoms. The van der Waals surface area contributed by atoms with Gasteiger partial charge in [-0.25, -0.2) is 8.78 Å². The van der Waals surface area contributed by atoms with E-state index in [0.717, 1.165) is 33.8 Å². The number of halogens is 3. The molecule has 2 aromatic carbocycles. The van der Waals surface area contributed by atoms with Gasteiger partial charge in [-0.15, -0.1) is 12.4 Å². The van der Waals surface area contributed by atoms with Crippen LogP contribution in [0.5, 0.6) is 5.75 Å². The topological polar surface area (TPSA) is 49.9 Å². The van der Waals surface area contributed by atoms with Gasteiger partial charge in [-0.1, -0.05) is 12.1 Å². The van der Waals surface area contributed by atoms with Crippen LogP contribution < -0.4 is 10.1 Å². The second-order valence-corrected chi connectivity index (χ2v) is 6.43. The van der Waals surface area contributed by atoms with Crippen LogP contribution in [0.3, 0.4) is 0 Å². The molecular weight excluding hydrogens is 396 g/mol. The summed E-state index contributed by atoms with van der Waals surface area (Å²) in [5, 5.41) is 4.37. The van der Waals surface area contributed by atoms with E-state index in [1.165, 1.54) is 6.07 Å². The summed E-state index contributed by atoms with van der Waals surface area (Å²) in [4.78, 5) is 7.36. The number of benzene rings is 2. The molecule has 0 unspecified atom stereocenters. The fraction of sp³-hybridized carbons (Fsp3) is 0.136. The van der Waals surface area contributed by atoms with Gasteiger partial charge in [0.15, 0.2) is 11.6 Å². The third kappa shape index (κ3) is 4.91. The highest BCUT2D eigenvalue weighted by Crippen LogP contribution is 2.24. The maximum absolute atomic E-state index is 13.4. The van der Waals surface area contributed by atoms with Gasteiger partial charge in [-0.05, 0) is 47.5 Å². The lowest BCUT2D eigenvalue weighted by molar-refractivity contribution is 0.317. The molecule has 0 aliphatic carbocycles. The molecule has 0 amide bonds. The van der Waals surface area contributed by atoms with Crippen molar-refractivity contribution in [1.82, 2.24) is 15.3 Å². The normalized spacial score (nSPS) is 10.7. The zero-order valence-electron chi connectivity index (χ0n) is 15.5. The Bertz CT molecular complexity index is 1100. The van der Waals surface area contributed by atoms with Crippen LogP contribution in [0.25, 0.3) is 22.0 Å². The summed E-state index contributed by atoms with van der Waals surface area (Å²) in [6.07, 6.45) is 5.28. The zero-order valence-corrected chi connectivity index (χ0v) is 16.3. The first kappa shape index (κ1) is 20.8. The second-order valence-electron chi connectivity index (χ2n) is 6.43. The van der Waals surface area contributed by atoms with E-state index in [1.807, 2.05) is 36.5 Å². The molecule has 0 bridgehead atoms. The average Bonchev–Trinajstić information content (AvgIpc) is 3.20. The molecule has 150 valence electrons. The largest absolute Gasteiger partial charge is 0.492 e. The molecular formula is C22H20ClF2N3O. The molecule has 4 nitrogen and oxygen atoms in total. The maximum Gasteiger partial charge on any atom is 0.159 e. The van der Waals surface area contributed by atoms with Crippen LogP contribution in [0.4, 0.5) is 8.78 Å². The Morgan fingerprint density at radius 1 is 0.966 bits per heavy atom. The van der Waals surface area contributed by atoms with Crippen LogP contribution in [0.15, 0.2) is 67.1 Å². The van der Waals surface area contributed by atoms with Gasteiger partial charge >= 0.3 is 0 Å². The minimum atomic E-state index is -0.865. The zero-order chi connectivity index (χ0) is 19.3. The summed E-state index contributed by atoms with van der Waals surface area (Å²) in [7, 11) is 0. The number of nitrogens with zero attached hydrogens (tertiary/aromatic N) is 1. The van der Waals surface area contributed by atoms with Gasteiger partial charge in [0.25, 0.3) is 0 Å². The molecule has 4 aromatic rings. The minimum absolute atomic E-state index is 0. The molecule has 7 heteroatoms. The number of hydrogen-bond acceptors (Lipinski definition) is 3. The van der Waals surface area contributed by atoms with Crippen molar-refractivity contribution in [2.45, 2.75) is 6.54 Å². The van der Waals surface area contributed by atoms with Gasteiger partial charge in [-0.2, -0.15) is 0 Å². The summed E-state index contributed by atoms with van der Waals surface area (Å²) in [5.74, 6) is -0.872. The second kappa shape index (κ2) is 9.49. The number of rotatable bonds is 7. The third-order valence-electron chi connectivity index (χ3n) is 4.47. The van der Waals surface area contributed by atoms with E-state index >= 15 is 0 Å². The van der Waals surface area contributed by atoms with Crippen molar-refractivity contribution in [3.8, 4) is 16.9 Å². The molecule has 0 radical (unpaired) electrons. The monoisotopic (exact) mass is 415 g/mol. The number of ether oxygens (including phenoxy) is 1. The Labute approximate surface area is 173 Å². The summed E-state index contributed by atoms with van der Waals surface area (Å²) >= 11 is 0. The first-order valence-corrected chi connectivity index (χ1v) is 9.00. The lowest BCUT2D eigenvalue weighted by Crippen LogP contribution is -2.20. The smallest absolute Gasteiger partial charge is 0.159 e. The Balaban J connectivity index is 0.00000240. The summed E-state index contributed by atoms with van der Waals surface area (Å²) in [6, 6.07) is 13.7. The summed E-state index contributed by atoms with van der Waals surface area (Å²) in [6.45, 7) is 1.79. The number of nitrogens with one attached hydrogen (secondary N) is 2. The van der Waals surface area contributed by atoms with E-state index in [-0.39, 0.29) is 12.4 Å². The van der Waals surface area contributed by atoms with E-state index in [4.69, 9.17) is 4.74 Å². The van der Waals surface area contributed by atoms with Crippen LogP contribution in [0.2, 0.25) is 0 Å². The quantitative estimate of drug-likeness (QED) is 0.413. The Morgan fingerprint density at radius 3 is 2.72 bits per heavy atom. The van der Waals surface area contributed by atoms with Crippen molar-refractivity contribution in [2.24, 2.45) is 0 Å². The van der Waals surface area contributed by atoms with Gasteiger partial charge < -0.3 is 15.0 Å². The van der Waals surface area contributed by atoms with Gasteiger partial charge in [-0.3, -0.25) is 4.98 Å². The first-order valence-electron chi connectivity index (χ1n) is 9.00. The molecule has 0 fully saturated rings. The highest BCUT2D eigenvalue weighted by atomic mass is 35.5. The molecule has 0 saturated carbocycles. The summed E-state index contributed by atoms with van der Waals surface area (Å²) in [5.41, 5.74) is 3.34. The Hall–Kier alpha value is -2.96. The maximum atomic E-state index is 13.4. The van der Waals surface area contributed by atoms with Gasteiger partial charge in [0.1, 0.15) is 12.4 Å². The van der Waals surface area contributed by atoms with Crippen LogP contribution in [0.1, 0.15) is 5.56 Å². The van der Waals surface area contributed by atoms with Crippen molar-refractivity contribution in [2.75, 3.05) is 13.2 Å². The van der Waals surface area contributed by atoms with Crippen LogP contribution >= 0.6 is 12.4 Å². The molecule has 2 heterocycles. The number of aromatic nitrogens is 2. The molecule has 4 rings (SSSR count). The van der Waals surface area contributed by atoms with Crippen molar-refractivity contribution in [3.63, 3.8) is 0 Å². The predicted octanol–water partition coefficient (Wildman–Crippen LogP) is 5.10. The first-order chi connectivity index (χ1) is 13.7. The van der Waals surface area contributed by atoms with Crippen LogP contribution in [-0.4, -0.2) is 23.1 Å². The highest BCUT2D eigenvalue weighted by molar-refractivity contribution is 5.86. The van der Waals surface area contributed by atoms with Crippen LogP contribution in [-0.2, 0) is 6.54 Å². The number of aromatic amines is 1. The van der Waals surface area contributed by atoms with Gasteiger partial charge in [0.2, 0.25) is 0 Å². The standard InChI is InChI=1S/C22H19F2N3O.ClH/c23-19-5-4-16(11-20(19)24)17-10-15(13-26-14-17)12-25-8-9-28-22-3-1-2-21-18(22)6-7-27-21;/h1-7,10-11,13-14,25,27H,8-9,12H2;1H. The molecule has 0 saturated heterocycles. The molecule has 0 atom stereocenters. The molecule has 2 aromatic heterocycles. The number of fused-ring (bicyclic) bond motifs is 1. The van der Waals surface area contributed by atoms with Crippen molar-refractivity contribution in [1.29, 1.82) is 0 Å². The molecule has 2 N–H and O–H groups in total. The average molecular weight is 416 g/mol. The third-order valence-corrected chi connectivity index (χ3v) is 4.47. The number of H-pyrrole nitrogens is 1. The van der Waals surface area contributed by atoms with Crippen molar-refractivity contribution in [3.05, 3.63) is 84.3 Å². The highest BCUT2D eigenvalue weighted by Gasteiger charge is 2.06. The van der Waals surface area contributed by atoms with Crippen molar-refractivity contribution >= 4 is 23.3 Å². The minimum Gasteiger partial charge on any atom is -0.492 e. The molecule has 0 aliphatic heterocycles. The Kier molecular flexibility index (Phi) is 6.80. The van der Waals surface area contributed by atoms with Crippen molar-refractivity contribution < 1.29 is 13.5 Å².